The largest absolute Gasteiger partial charge is 0.369 e. The van der Waals surface area contributed by atoms with Crippen LogP contribution in [-0.4, -0.2) is 48.9 Å². The SMILES string of the molecule is NCC1CCCCC1C(=O)NC1CCN(CC(N)=O)CC1. The summed E-state index contributed by atoms with van der Waals surface area (Å²) in [6, 6.07) is 0.224. The number of hydrogen-bond donors (Lipinski definition) is 3. The zero-order valence-electron chi connectivity index (χ0n) is 12.7. The third kappa shape index (κ3) is 4.68. The van der Waals surface area contributed by atoms with Gasteiger partial charge < -0.3 is 16.8 Å². The van der Waals surface area contributed by atoms with Crippen LogP contribution in [0.25, 0.3) is 0 Å². The Morgan fingerprint density at radius 2 is 1.76 bits per heavy atom. The molecule has 2 fully saturated rings. The summed E-state index contributed by atoms with van der Waals surface area (Å²) in [5.41, 5.74) is 11.0. The van der Waals surface area contributed by atoms with Crippen LogP contribution in [-0.2, 0) is 9.59 Å². The van der Waals surface area contributed by atoms with Crippen LogP contribution in [0.1, 0.15) is 38.5 Å². The Morgan fingerprint density at radius 3 is 2.38 bits per heavy atom. The smallest absolute Gasteiger partial charge is 0.231 e. The summed E-state index contributed by atoms with van der Waals surface area (Å²) in [4.78, 5) is 25.4. The highest BCUT2D eigenvalue weighted by molar-refractivity contribution is 5.79. The number of likely N-dealkylation sites (tertiary alicyclic amines) is 1. The second-order valence-corrected chi connectivity index (χ2v) is 6.41. The molecule has 2 aliphatic rings. The standard InChI is InChI=1S/C15H28N4O2/c16-9-11-3-1-2-4-13(11)15(21)18-12-5-7-19(8-6-12)10-14(17)20/h11-13H,1-10,16H2,(H2,17,20)(H,18,21). The van der Waals surface area contributed by atoms with Crippen LogP contribution in [0.15, 0.2) is 0 Å². The topological polar surface area (TPSA) is 101 Å². The van der Waals surface area contributed by atoms with Gasteiger partial charge in [-0.2, -0.15) is 0 Å². The van der Waals surface area contributed by atoms with Crippen LogP contribution in [0.2, 0.25) is 0 Å². The molecule has 0 aromatic heterocycles. The number of rotatable bonds is 5. The second kappa shape index (κ2) is 7.75. The highest BCUT2D eigenvalue weighted by Crippen LogP contribution is 2.29. The van der Waals surface area contributed by atoms with E-state index in [0.717, 1.165) is 45.2 Å². The average molecular weight is 296 g/mol. The van der Waals surface area contributed by atoms with E-state index in [9.17, 15) is 9.59 Å². The number of amides is 2. The Bertz CT molecular complexity index is 367. The summed E-state index contributed by atoms with van der Waals surface area (Å²) in [6.45, 7) is 2.56. The molecule has 120 valence electrons. The molecule has 0 radical (unpaired) electrons. The molecule has 1 aliphatic carbocycles. The lowest BCUT2D eigenvalue weighted by Gasteiger charge is -2.34. The summed E-state index contributed by atoms with van der Waals surface area (Å²) in [5.74, 6) is 0.324. The summed E-state index contributed by atoms with van der Waals surface area (Å²) in [5, 5.41) is 3.19. The van der Waals surface area contributed by atoms with Gasteiger partial charge in [0.2, 0.25) is 11.8 Å². The monoisotopic (exact) mass is 296 g/mol. The fourth-order valence-corrected chi connectivity index (χ4v) is 3.60. The van der Waals surface area contributed by atoms with E-state index in [1.165, 1.54) is 6.42 Å². The predicted octanol–water partition coefficient (Wildman–Crippen LogP) is -0.183. The maximum atomic E-state index is 12.4. The van der Waals surface area contributed by atoms with Gasteiger partial charge in [-0.25, -0.2) is 0 Å². The Balaban J connectivity index is 1.77. The molecule has 6 nitrogen and oxygen atoms in total. The molecular formula is C15H28N4O2. The van der Waals surface area contributed by atoms with E-state index < -0.39 is 0 Å². The van der Waals surface area contributed by atoms with Crippen molar-refractivity contribution in [1.82, 2.24) is 10.2 Å². The molecule has 21 heavy (non-hydrogen) atoms. The van der Waals surface area contributed by atoms with Crippen LogP contribution in [0.4, 0.5) is 0 Å². The molecule has 1 saturated heterocycles. The normalized spacial score (nSPS) is 28.2. The lowest BCUT2D eigenvalue weighted by molar-refractivity contribution is -0.129. The maximum Gasteiger partial charge on any atom is 0.231 e. The molecule has 5 N–H and O–H groups in total. The quantitative estimate of drug-likeness (QED) is 0.655. The minimum atomic E-state index is -0.287. The summed E-state index contributed by atoms with van der Waals surface area (Å²) < 4.78 is 0. The van der Waals surface area contributed by atoms with Crippen LogP contribution in [0.5, 0.6) is 0 Å². The third-order valence-corrected chi connectivity index (χ3v) is 4.86. The van der Waals surface area contributed by atoms with E-state index >= 15 is 0 Å². The highest BCUT2D eigenvalue weighted by atomic mass is 16.2. The van der Waals surface area contributed by atoms with Gasteiger partial charge in [0.15, 0.2) is 0 Å². The first-order valence-corrected chi connectivity index (χ1v) is 8.11. The fraction of sp³-hybridized carbons (Fsp3) is 0.867. The van der Waals surface area contributed by atoms with Gasteiger partial charge in [0.1, 0.15) is 0 Å². The molecule has 0 bridgehead atoms. The molecule has 2 unspecified atom stereocenters. The van der Waals surface area contributed by atoms with Crippen LogP contribution >= 0.6 is 0 Å². The van der Waals surface area contributed by atoms with Crippen molar-refractivity contribution in [3.63, 3.8) is 0 Å². The van der Waals surface area contributed by atoms with Gasteiger partial charge in [-0.05, 0) is 38.1 Å². The van der Waals surface area contributed by atoms with E-state index in [2.05, 4.69) is 5.32 Å². The second-order valence-electron chi connectivity index (χ2n) is 6.41. The molecule has 2 amide bonds. The van der Waals surface area contributed by atoms with Crippen LogP contribution in [0.3, 0.4) is 0 Å². The van der Waals surface area contributed by atoms with Gasteiger partial charge in [0.05, 0.1) is 6.54 Å². The minimum absolute atomic E-state index is 0.0902. The van der Waals surface area contributed by atoms with Gasteiger partial charge in [-0.3, -0.25) is 14.5 Å². The molecule has 0 aromatic rings. The first-order chi connectivity index (χ1) is 10.1. The Labute approximate surface area is 126 Å². The number of piperidine rings is 1. The van der Waals surface area contributed by atoms with E-state index in [-0.39, 0.29) is 23.8 Å². The predicted molar refractivity (Wildman–Crippen MR) is 81.3 cm³/mol. The molecule has 0 spiro atoms. The minimum Gasteiger partial charge on any atom is -0.369 e. The molecule has 2 atom stereocenters. The van der Waals surface area contributed by atoms with Crippen molar-refractivity contribution in [1.29, 1.82) is 0 Å². The van der Waals surface area contributed by atoms with Crippen molar-refractivity contribution in [3.8, 4) is 0 Å². The maximum absolute atomic E-state index is 12.4. The van der Waals surface area contributed by atoms with Gasteiger partial charge in [-0.15, -0.1) is 0 Å². The first-order valence-electron chi connectivity index (χ1n) is 8.11. The Hall–Kier alpha value is -1.14. The fourth-order valence-electron chi connectivity index (χ4n) is 3.60. The number of carbonyl (C=O) groups excluding carboxylic acids is 2. The molecule has 1 heterocycles. The number of nitrogens with two attached hydrogens (primary N) is 2. The van der Waals surface area contributed by atoms with Crippen molar-refractivity contribution >= 4 is 11.8 Å². The molecule has 1 aliphatic heterocycles. The van der Waals surface area contributed by atoms with Gasteiger partial charge in [-0.1, -0.05) is 12.8 Å². The number of carbonyl (C=O) groups is 2. The molecule has 2 rings (SSSR count). The van der Waals surface area contributed by atoms with Crippen LogP contribution in [0, 0.1) is 11.8 Å². The molecule has 0 aromatic carbocycles. The summed E-state index contributed by atoms with van der Waals surface area (Å²) in [6.07, 6.45) is 6.14. The number of hydrogen-bond acceptors (Lipinski definition) is 4. The van der Waals surface area contributed by atoms with Crippen molar-refractivity contribution in [2.75, 3.05) is 26.2 Å². The van der Waals surface area contributed by atoms with Crippen molar-refractivity contribution in [2.24, 2.45) is 23.3 Å². The molecule has 6 heteroatoms. The average Bonchev–Trinajstić information content (AvgIpc) is 2.48. The van der Waals surface area contributed by atoms with E-state index in [4.69, 9.17) is 11.5 Å². The zero-order chi connectivity index (χ0) is 15.2. The van der Waals surface area contributed by atoms with Gasteiger partial charge in [0.25, 0.3) is 0 Å². The first kappa shape index (κ1) is 16.2. The lowest BCUT2D eigenvalue weighted by atomic mass is 9.78. The Morgan fingerprint density at radius 1 is 1.10 bits per heavy atom. The number of primary amides is 1. The van der Waals surface area contributed by atoms with Gasteiger partial charge >= 0.3 is 0 Å². The van der Waals surface area contributed by atoms with Crippen LogP contribution < -0.4 is 16.8 Å². The van der Waals surface area contributed by atoms with E-state index in [0.29, 0.717) is 19.0 Å². The molecular weight excluding hydrogens is 268 g/mol. The Kier molecular flexibility index (Phi) is 5.99. The van der Waals surface area contributed by atoms with E-state index in [1.54, 1.807) is 0 Å². The van der Waals surface area contributed by atoms with Gasteiger partial charge in [0, 0.05) is 25.0 Å². The summed E-state index contributed by atoms with van der Waals surface area (Å²) >= 11 is 0. The van der Waals surface area contributed by atoms with Crippen molar-refractivity contribution < 1.29 is 9.59 Å². The van der Waals surface area contributed by atoms with Crippen molar-refractivity contribution in [2.45, 2.75) is 44.6 Å². The molecule has 1 saturated carbocycles. The number of nitrogens with one attached hydrogen (secondary N) is 1. The lowest BCUT2D eigenvalue weighted by Crippen LogP contribution is -2.49. The number of nitrogens with zero attached hydrogens (tertiary/aromatic N) is 1. The van der Waals surface area contributed by atoms with E-state index in [1.807, 2.05) is 4.90 Å². The third-order valence-electron chi connectivity index (χ3n) is 4.86. The summed E-state index contributed by atoms with van der Waals surface area (Å²) in [7, 11) is 0. The van der Waals surface area contributed by atoms with Crippen molar-refractivity contribution in [3.05, 3.63) is 0 Å². The highest BCUT2D eigenvalue weighted by Gasteiger charge is 2.31. The zero-order valence-corrected chi connectivity index (χ0v) is 12.7.